The van der Waals surface area contributed by atoms with Crippen LogP contribution in [-0.4, -0.2) is 11.1 Å². The van der Waals surface area contributed by atoms with Crippen LogP contribution in [0.5, 0.6) is 5.75 Å². The molecule has 0 amide bonds. The predicted molar refractivity (Wildman–Crippen MR) is 104 cm³/mol. The summed E-state index contributed by atoms with van der Waals surface area (Å²) in [6.45, 7) is 0.611. The number of carboxylic acid groups (broad SMARTS) is 1. The number of fused-ring (bicyclic) bond motifs is 1. The number of hydrogen-bond acceptors (Lipinski definition) is 5. The summed E-state index contributed by atoms with van der Waals surface area (Å²) in [6.07, 6.45) is 1.55. The van der Waals surface area contributed by atoms with Crippen molar-refractivity contribution in [3.8, 4) is 17.1 Å². The normalized spacial score (nSPS) is 11.0. The van der Waals surface area contributed by atoms with Gasteiger partial charge in [-0.25, -0.2) is 0 Å². The summed E-state index contributed by atoms with van der Waals surface area (Å²) in [5, 5.41) is 10.0. The van der Waals surface area contributed by atoms with Crippen LogP contribution in [-0.2, 0) is 24.4 Å². The van der Waals surface area contributed by atoms with Crippen LogP contribution in [0.3, 0.4) is 0 Å². The second-order valence-electron chi connectivity index (χ2n) is 6.42. The second-order valence-corrected chi connectivity index (χ2v) is 6.42. The largest absolute Gasteiger partial charge is 0.489 e. The number of furan rings is 2. The molecule has 6 heteroatoms. The van der Waals surface area contributed by atoms with E-state index >= 15 is 0 Å². The number of nitrogens with two attached hydrogens (primary N) is 1. The van der Waals surface area contributed by atoms with Crippen molar-refractivity contribution in [2.75, 3.05) is 0 Å². The van der Waals surface area contributed by atoms with Gasteiger partial charge in [0.05, 0.1) is 24.8 Å². The lowest BCUT2D eigenvalue weighted by atomic mass is 10.1. The second kappa shape index (κ2) is 7.62. The molecule has 0 atom stereocenters. The van der Waals surface area contributed by atoms with Crippen LogP contribution in [0.4, 0.5) is 0 Å². The molecule has 3 N–H and O–H groups in total. The maximum absolute atomic E-state index is 11.1. The Morgan fingerprint density at radius 3 is 2.75 bits per heavy atom. The van der Waals surface area contributed by atoms with E-state index in [9.17, 15) is 4.79 Å². The van der Waals surface area contributed by atoms with Crippen LogP contribution in [0.15, 0.2) is 69.7 Å². The number of hydrogen-bond donors (Lipinski definition) is 2. The highest BCUT2D eigenvalue weighted by Crippen LogP contribution is 2.33. The molecule has 0 aliphatic rings. The summed E-state index contributed by atoms with van der Waals surface area (Å²) in [6, 6.07) is 16.7. The van der Waals surface area contributed by atoms with E-state index in [-0.39, 0.29) is 13.0 Å². The molecule has 28 heavy (non-hydrogen) atoms. The Morgan fingerprint density at radius 1 is 1.11 bits per heavy atom. The summed E-state index contributed by atoms with van der Waals surface area (Å²) in [4.78, 5) is 11.1. The van der Waals surface area contributed by atoms with E-state index in [0.717, 1.165) is 22.1 Å². The zero-order valence-electron chi connectivity index (χ0n) is 15.1. The maximum atomic E-state index is 11.1. The van der Waals surface area contributed by atoms with Gasteiger partial charge in [0.1, 0.15) is 29.5 Å². The molecule has 4 aromatic rings. The van der Waals surface area contributed by atoms with Gasteiger partial charge in [-0.2, -0.15) is 0 Å². The molecule has 0 saturated heterocycles. The molecule has 0 aliphatic carbocycles. The van der Waals surface area contributed by atoms with Gasteiger partial charge in [0.2, 0.25) is 0 Å². The Kier molecular flexibility index (Phi) is 4.87. The molecule has 6 nitrogen and oxygen atoms in total. The van der Waals surface area contributed by atoms with Gasteiger partial charge in [-0.1, -0.05) is 18.2 Å². The summed E-state index contributed by atoms with van der Waals surface area (Å²) >= 11 is 0. The van der Waals surface area contributed by atoms with Gasteiger partial charge in [0, 0.05) is 10.9 Å². The summed E-state index contributed by atoms with van der Waals surface area (Å²) < 4.78 is 17.3. The molecule has 4 rings (SSSR count). The van der Waals surface area contributed by atoms with Crippen molar-refractivity contribution >= 4 is 16.9 Å². The molecule has 0 radical (unpaired) electrons. The molecule has 0 fully saturated rings. The van der Waals surface area contributed by atoms with E-state index in [4.69, 9.17) is 24.4 Å². The Labute approximate surface area is 161 Å². The van der Waals surface area contributed by atoms with Crippen molar-refractivity contribution in [3.05, 3.63) is 77.7 Å². The van der Waals surface area contributed by atoms with Crippen LogP contribution < -0.4 is 10.5 Å². The van der Waals surface area contributed by atoms with Crippen molar-refractivity contribution in [1.82, 2.24) is 0 Å². The highest BCUT2D eigenvalue weighted by Gasteiger charge is 2.14. The average Bonchev–Trinajstić information content (AvgIpc) is 3.35. The third-order valence-corrected chi connectivity index (χ3v) is 4.45. The molecule has 0 saturated carbocycles. The maximum Gasteiger partial charge on any atom is 0.307 e. The molecule has 142 valence electrons. The first-order valence-electron chi connectivity index (χ1n) is 8.86. The van der Waals surface area contributed by atoms with Crippen molar-refractivity contribution in [3.63, 3.8) is 0 Å². The monoisotopic (exact) mass is 377 g/mol. The van der Waals surface area contributed by atoms with Crippen LogP contribution in [0.25, 0.3) is 22.3 Å². The smallest absolute Gasteiger partial charge is 0.307 e. The fraction of sp³-hybridized carbons (Fsp3) is 0.136. The van der Waals surface area contributed by atoms with Crippen LogP contribution in [0.1, 0.15) is 16.9 Å². The summed E-state index contributed by atoms with van der Waals surface area (Å²) in [5.74, 6) is 1.03. The highest BCUT2D eigenvalue weighted by atomic mass is 16.5. The average molecular weight is 377 g/mol. The lowest BCUT2D eigenvalue weighted by Crippen LogP contribution is -2.04. The molecular weight excluding hydrogens is 358 g/mol. The van der Waals surface area contributed by atoms with Gasteiger partial charge < -0.3 is 24.4 Å². The van der Waals surface area contributed by atoms with E-state index < -0.39 is 5.97 Å². The SMILES string of the molecule is NCc1ccc(-c2cc(COc3ccccc3CC(=O)O)cc3ccoc23)o1. The fourth-order valence-corrected chi connectivity index (χ4v) is 3.16. The van der Waals surface area contributed by atoms with Gasteiger partial charge in [-0.3, -0.25) is 4.79 Å². The molecule has 0 unspecified atom stereocenters. The number of para-hydroxylation sites is 1. The predicted octanol–water partition coefficient (Wildman–Crippen LogP) is 4.36. The zero-order chi connectivity index (χ0) is 19.5. The van der Waals surface area contributed by atoms with Crippen molar-refractivity contribution < 1.29 is 23.5 Å². The number of carboxylic acids is 1. The van der Waals surface area contributed by atoms with Gasteiger partial charge in [0.25, 0.3) is 0 Å². The summed E-state index contributed by atoms with van der Waals surface area (Å²) in [5.41, 5.74) is 8.75. The lowest BCUT2D eigenvalue weighted by molar-refractivity contribution is -0.136. The van der Waals surface area contributed by atoms with Gasteiger partial charge in [-0.15, -0.1) is 0 Å². The molecular formula is C22H19NO5. The first-order valence-corrected chi connectivity index (χ1v) is 8.86. The fourth-order valence-electron chi connectivity index (χ4n) is 3.16. The van der Waals surface area contributed by atoms with Gasteiger partial charge >= 0.3 is 5.97 Å². The Balaban J connectivity index is 1.64. The standard InChI is InChI=1S/C22H19NO5/c23-12-17-5-6-20(28-17)18-10-14(9-16-7-8-26-22(16)18)13-27-19-4-2-1-3-15(19)11-21(24)25/h1-10H,11-13,23H2,(H,24,25). The third-order valence-electron chi connectivity index (χ3n) is 4.45. The number of aliphatic carboxylic acids is 1. The van der Waals surface area contributed by atoms with Crippen LogP contribution in [0.2, 0.25) is 0 Å². The van der Waals surface area contributed by atoms with Crippen molar-refractivity contribution in [2.24, 2.45) is 5.73 Å². The zero-order valence-corrected chi connectivity index (χ0v) is 15.1. The first kappa shape index (κ1) is 17.9. The highest BCUT2D eigenvalue weighted by molar-refractivity contribution is 5.91. The van der Waals surface area contributed by atoms with E-state index in [0.29, 0.717) is 29.4 Å². The minimum atomic E-state index is -0.897. The van der Waals surface area contributed by atoms with E-state index in [1.54, 1.807) is 24.5 Å². The van der Waals surface area contributed by atoms with Crippen LogP contribution in [0, 0.1) is 0 Å². The number of rotatable bonds is 7. The van der Waals surface area contributed by atoms with Crippen LogP contribution >= 0.6 is 0 Å². The minimum Gasteiger partial charge on any atom is -0.489 e. The topological polar surface area (TPSA) is 98.8 Å². The number of ether oxygens (including phenoxy) is 1. The molecule has 2 heterocycles. The number of carbonyl (C=O) groups is 1. The molecule has 2 aromatic carbocycles. The lowest BCUT2D eigenvalue weighted by Gasteiger charge is -2.11. The Bertz CT molecular complexity index is 1120. The minimum absolute atomic E-state index is 0.0869. The molecule has 0 aliphatic heterocycles. The quantitative estimate of drug-likeness (QED) is 0.496. The molecule has 0 bridgehead atoms. The van der Waals surface area contributed by atoms with Crippen molar-refractivity contribution in [2.45, 2.75) is 19.6 Å². The summed E-state index contributed by atoms with van der Waals surface area (Å²) in [7, 11) is 0. The van der Waals surface area contributed by atoms with Gasteiger partial charge in [-0.05, 0) is 42.0 Å². The first-order chi connectivity index (χ1) is 13.6. The van der Waals surface area contributed by atoms with E-state index in [1.807, 2.05) is 36.4 Å². The third kappa shape index (κ3) is 3.63. The van der Waals surface area contributed by atoms with E-state index in [1.165, 1.54) is 0 Å². The van der Waals surface area contributed by atoms with Gasteiger partial charge in [0.15, 0.2) is 0 Å². The number of benzene rings is 2. The Hall–Kier alpha value is -3.51. The molecule has 0 spiro atoms. The van der Waals surface area contributed by atoms with Crippen molar-refractivity contribution in [1.29, 1.82) is 0 Å². The molecule has 2 aromatic heterocycles. The Morgan fingerprint density at radius 2 is 1.96 bits per heavy atom. The van der Waals surface area contributed by atoms with E-state index in [2.05, 4.69) is 0 Å².